The lowest BCUT2D eigenvalue weighted by atomic mass is 10.1. The van der Waals surface area contributed by atoms with Crippen molar-refractivity contribution in [2.24, 2.45) is 0 Å². The van der Waals surface area contributed by atoms with Gasteiger partial charge in [0.25, 0.3) is 0 Å². The third-order valence-corrected chi connectivity index (χ3v) is 0.768. The Labute approximate surface area is 54.6 Å². The molecule has 3 heteroatoms. The molecule has 0 amide bonds. The first kappa shape index (κ1) is 8.43. The Hall–Kier alpha value is -0.570. The van der Waals surface area contributed by atoms with Crippen molar-refractivity contribution in [1.82, 2.24) is 0 Å². The Morgan fingerprint density at radius 1 is 1.56 bits per heavy atom. The largest absolute Gasteiger partial charge is 0.457 e. The molecule has 0 aliphatic carbocycles. The molecule has 0 spiro atoms. The van der Waals surface area contributed by atoms with Gasteiger partial charge < -0.3 is 4.74 Å². The van der Waals surface area contributed by atoms with Gasteiger partial charge in [-0.1, -0.05) is 0 Å². The van der Waals surface area contributed by atoms with Crippen molar-refractivity contribution in [2.45, 2.75) is 26.4 Å². The molecule has 0 saturated carbocycles. The normalized spacial score (nSPS) is 11.1. The number of hydrogen-bond acceptors (Lipinski definition) is 2. The van der Waals surface area contributed by atoms with E-state index in [1.165, 1.54) is 6.92 Å². The van der Waals surface area contributed by atoms with Crippen LogP contribution in [0.1, 0.15) is 20.8 Å². The lowest BCUT2D eigenvalue weighted by Gasteiger charge is -2.19. The first-order chi connectivity index (χ1) is 3.98. The number of ether oxygens (including phenoxy) is 1. The fourth-order valence-electron chi connectivity index (χ4n) is 0.419. The maximum absolute atomic E-state index is 10.3. The lowest BCUT2D eigenvalue weighted by Crippen LogP contribution is -2.30. The van der Waals surface area contributed by atoms with Gasteiger partial charge in [-0.15, -0.1) is 0 Å². The molecule has 0 aliphatic heterocycles. The molecular weight excluding hydrogens is 120 g/mol. The van der Waals surface area contributed by atoms with Crippen molar-refractivity contribution in [2.75, 3.05) is 6.61 Å². The van der Waals surface area contributed by atoms with Crippen LogP contribution in [0.4, 0.5) is 0 Å². The Kier molecular flexibility index (Phi) is 2.65. The predicted octanol–water partition coefficient (Wildman–Crippen LogP) is 0.759. The average Bonchev–Trinajstić information content (AvgIpc) is 1.63. The highest BCUT2D eigenvalue weighted by atomic mass is 16.6. The van der Waals surface area contributed by atoms with Crippen LogP contribution in [0, 0.1) is 0 Å². The highest BCUT2D eigenvalue weighted by molar-refractivity contribution is 5.66. The Morgan fingerprint density at radius 3 is 2.11 bits per heavy atom. The lowest BCUT2D eigenvalue weighted by molar-refractivity contribution is -0.159. The average molecular weight is 131 g/mol. The van der Waals surface area contributed by atoms with Gasteiger partial charge in [0, 0.05) is 6.92 Å². The van der Waals surface area contributed by atoms with Crippen LogP contribution in [0.2, 0.25) is 0 Å². The van der Waals surface area contributed by atoms with Crippen LogP contribution >= 0.6 is 0 Å². The monoisotopic (exact) mass is 131 g/mol. The highest BCUT2D eigenvalue weighted by Crippen LogP contribution is 2.06. The fourth-order valence-corrected chi connectivity index (χ4v) is 0.419. The van der Waals surface area contributed by atoms with Crippen LogP contribution in [-0.2, 0) is 14.6 Å². The summed E-state index contributed by atoms with van der Waals surface area (Å²) in [5.41, 5.74) is -0.841. The molecule has 0 heterocycles. The van der Waals surface area contributed by atoms with Gasteiger partial charge in [0.05, 0.1) is 0 Å². The van der Waals surface area contributed by atoms with Gasteiger partial charge in [-0.2, -0.15) is 0 Å². The summed E-state index contributed by atoms with van der Waals surface area (Å²) in [4.78, 5) is 10.3. The molecule has 0 aromatic rings. The van der Waals surface area contributed by atoms with E-state index in [2.05, 4.69) is 4.74 Å². The summed E-state index contributed by atoms with van der Waals surface area (Å²) < 4.78 is 4.64. The zero-order chi connectivity index (χ0) is 7.49. The molecule has 9 heavy (non-hydrogen) atoms. The minimum absolute atomic E-state index is 0.396. The van der Waals surface area contributed by atoms with E-state index < -0.39 is 18.2 Å². The first-order valence-corrected chi connectivity index (χ1v) is 2.75. The number of esters is 1. The van der Waals surface area contributed by atoms with Crippen molar-refractivity contribution < 1.29 is 14.6 Å². The smallest absolute Gasteiger partial charge is 0.303 e. The van der Waals surface area contributed by atoms with Gasteiger partial charge in [-0.05, 0) is 13.8 Å². The molecule has 0 atom stereocenters. The molecule has 0 bridgehead atoms. The van der Waals surface area contributed by atoms with Crippen molar-refractivity contribution >= 4 is 5.97 Å². The number of rotatable bonds is 2. The van der Waals surface area contributed by atoms with Crippen LogP contribution in [0.25, 0.3) is 0 Å². The quantitative estimate of drug-likeness (QED) is 0.519. The molecule has 0 rings (SSSR count). The predicted molar refractivity (Wildman–Crippen MR) is 31.4 cm³/mol. The summed E-state index contributed by atoms with van der Waals surface area (Å²) in [6, 6.07) is 0. The number of carbonyl (C=O) groups is 1. The summed E-state index contributed by atoms with van der Waals surface area (Å²) in [6.07, 6.45) is 0. The van der Waals surface area contributed by atoms with Gasteiger partial charge in [-0.25, -0.2) is 5.11 Å². The summed E-state index contributed by atoms with van der Waals surface area (Å²) in [6.45, 7) is 4.06. The minimum atomic E-state index is -0.841. The molecule has 0 aromatic carbocycles. The van der Waals surface area contributed by atoms with Crippen LogP contribution in [0.3, 0.4) is 0 Å². The Balaban J connectivity index is 3.71. The van der Waals surface area contributed by atoms with E-state index in [0.29, 0.717) is 0 Å². The SMILES string of the molecule is CC(=O)OC(C)(C)C[O]. The van der Waals surface area contributed by atoms with Crippen LogP contribution < -0.4 is 0 Å². The summed E-state index contributed by atoms with van der Waals surface area (Å²) in [5.74, 6) is -0.407. The molecule has 0 N–H and O–H groups in total. The van der Waals surface area contributed by atoms with E-state index >= 15 is 0 Å². The maximum atomic E-state index is 10.3. The second-order valence-corrected chi connectivity index (χ2v) is 2.50. The molecule has 0 fully saturated rings. The van der Waals surface area contributed by atoms with E-state index in [0.717, 1.165) is 0 Å². The zero-order valence-electron chi connectivity index (χ0n) is 5.93. The Bertz CT molecular complexity index is 107. The Morgan fingerprint density at radius 2 is 2.00 bits per heavy atom. The van der Waals surface area contributed by atoms with Gasteiger partial charge in [0.2, 0.25) is 0 Å². The van der Waals surface area contributed by atoms with Crippen LogP contribution in [0.5, 0.6) is 0 Å². The fraction of sp³-hybridized carbons (Fsp3) is 0.833. The van der Waals surface area contributed by atoms with Crippen molar-refractivity contribution in [1.29, 1.82) is 0 Å². The maximum Gasteiger partial charge on any atom is 0.303 e. The molecule has 0 aromatic heterocycles. The van der Waals surface area contributed by atoms with E-state index in [-0.39, 0.29) is 0 Å². The topological polar surface area (TPSA) is 46.2 Å². The summed E-state index contributed by atoms with van der Waals surface area (Å²) in [7, 11) is 0. The van der Waals surface area contributed by atoms with Crippen LogP contribution in [-0.4, -0.2) is 18.2 Å². The number of carbonyl (C=O) groups excluding carboxylic acids is 1. The van der Waals surface area contributed by atoms with Gasteiger partial charge in [0.15, 0.2) is 0 Å². The molecule has 0 saturated heterocycles. The van der Waals surface area contributed by atoms with Crippen molar-refractivity contribution in [3.05, 3.63) is 0 Å². The third-order valence-electron chi connectivity index (χ3n) is 0.768. The van der Waals surface area contributed by atoms with E-state index in [9.17, 15) is 9.90 Å². The molecule has 1 radical (unpaired) electrons. The minimum Gasteiger partial charge on any atom is -0.457 e. The standard InChI is InChI=1S/C6H11O3/c1-5(8)9-6(2,3)4-7/h4H2,1-3H3. The summed E-state index contributed by atoms with van der Waals surface area (Å²) in [5, 5.41) is 10.2. The zero-order valence-corrected chi connectivity index (χ0v) is 5.93. The number of hydrogen-bond donors (Lipinski definition) is 0. The van der Waals surface area contributed by atoms with Crippen molar-refractivity contribution in [3.8, 4) is 0 Å². The molecule has 53 valence electrons. The van der Waals surface area contributed by atoms with E-state index in [1.54, 1.807) is 13.8 Å². The van der Waals surface area contributed by atoms with Gasteiger partial charge in [-0.3, -0.25) is 4.79 Å². The second-order valence-electron chi connectivity index (χ2n) is 2.50. The first-order valence-electron chi connectivity index (χ1n) is 2.75. The highest BCUT2D eigenvalue weighted by Gasteiger charge is 2.19. The van der Waals surface area contributed by atoms with Gasteiger partial charge in [0.1, 0.15) is 12.2 Å². The molecule has 3 nitrogen and oxygen atoms in total. The van der Waals surface area contributed by atoms with Crippen molar-refractivity contribution in [3.63, 3.8) is 0 Å². The molecule has 0 aliphatic rings. The van der Waals surface area contributed by atoms with Crippen LogP contribution in [0.15, 0.2) is 0 Å². The van der Waals surface area contributed by atoms with E-state index in [1.807, 2.05) is 0 Å². The third kappa shape index (κ3) is 3.97. The van der Waals surface area contributed by atoms with E-state index in [4.69, 9.17) is 0 Å². The second kappa shape index (κ2) is 2.82. The summed E-state index contributed by atoms with van der Waals surface area (Å²) >= 11 is 0. The van der Waals surface area contributed by atoms with Gasteiger partial charge >= 0.3 is 5.97 Å². The molecule has 0 unspecified atom stereocenters. The molecular formula is C6H11O3.